The maximum absolute atomic E-state index is 12.3. The average Bonchev–Trinajstić information content (AvgIpc) is 2.79. The van der Waals surface area contributed by atoms with E-state index >= 15 is 0 Å². The molecule has 6 nitrogen and oxygen atoms in total. The van der Waals surface area contributed by atoms with Crippen molar-refractivity contribution in [2.75, 3.05) is 23.3 Å². The third kappa shape index (κ3) is 3.87. The highest BCUT2D eigenvalue weighted by atomic mass is 32.2. The Hall–Kier alpha value is -0.860. The lowest BCUT2D eigenvalue weighted by atomic mass is 9.85. The van der Waals surface area contributed by atoms with Gasteiger partial charge >= 0.3 is 0 Å². The molecule has 1 heterocycles. The van der Waals surface area contributed by atoms with E-state index in [0.29, 0.717) is 18.0 Å². The van der Waals surface area contributed by atoms with Crippen LogP contribution in [-0.2, 0) is 9.84 Å². The number of rotatable bonds is 6. The summed E-state index contributed by atoms with van der Waals surface area (Å²) >= 11 is 1.04. The first-order chi connectivity index (χ1) is 9.88. The van der Waals surface area contributed by atoms with E-state index in [1.165, 1.54) is 0 Å². The van der Waals surface area contributed by atoms with Crippen LogP contribution in [0.1, 0.15) is 45.4 Å². The maximum atomic E-state index is 12.3. The molecule has 0 saturated heterocycles. The molecule has 1 saturated carbocycles. The van der Waals surface area contributed by atoms with Crippen molar-refractivity contribution in [2.24, 2.45) is 0 Å². The fourth-order valence-corrected chi connectivity index (χ4v) is 5.33. The van der Waals surface area contributed by atoms with E-state index in [2.05, 4.69) is 9.69 Å². The molecule has 0 unspecified atom stereocenters. The molecule has 120 valence electrons. The number of nitrogens with one attached hydrogen (secondary N) is 1. The van der Waals surface area contributed by atoms with E-state index in [-0.39, 0.29) is 16.5 Å². The molecule has 1 aromatic heterocycles. The third-order valence-electron chi connectivity index (χ3n) is 3.82. The van der Waals surface area contributed by atoms with Crippen molar-refractivity contribution in [1.29, 1.82) is 0 Å². The molecular weight excluding hydrogens is 310 g/mol. The molecule has 2 rings (SSSR count). The maximum Gasteiger partial charge on any atom is 0.185 e. The Morgan fingerprint density at radius 1 is 1.38 bits per heavy atom. The van der Waals surface area contributed by atoms with Crippen LogP contribution in [0.5, 0.6) is 0 Å². The van der Waals surface area contributed by atoms with Gasteiger partial charge in [-0.3, -0.25) is 0 Å². The Morgan fingerprint density at radius 2 is 2.05 bits per heavy atom. The van der Waals surface area contributed by atoms with Crippen molar-refractivity contribution < 1.29 is 13.5 Å². The number of aromatic nitrogens is 1. The normalized spacial score (nSPS) is 18.6. The molecule has 1 aliphatic carbocycles. The van der Waals surface area contributed by atoms with Gasteiger partial charge in [-0.1, -0.05) is 26.2 Å². The first kappa shape index (κ1) is 16.5. The summed E-state index contributed by atoms with van der Waals surface area (Å²) in [4.78, 5) is 0.0914. The zero-order chi connectivity index (χ0) is 15.5. The Morgan fingerprint density at radius 3 is 2.67 bits per heavy atom. The quantitative estimate of drug-likeness (QED) is 0.735. The molecule has 0 spiro atoms. The molecule has 0 aliphatic heterocycles. The number of hydrogen-bond acceptors (Lipinski definition) is 7. The number of anilines is 2. The highest BCUT2D eigenvalue weighted by Gasteiger charge is 2.31. The Kier molecular flexibility index (Phi) is 5.11. The molecular formula is C13H23N3O3S2. The summed E-state index contributed by atoms with van der Waals surface area (Å²) in [6.45, 7) is 2.15. The number of aliphatic hydroxyl groups is 1. The molecule has 0 aromatic carbocycles. The standard InChI is InChI=1S/C13H23N3O3S2/c1-2-8-21(18,19)10-11(14)16-20-12(10)15-9-13(17)6-4-3-5-7-13/h15,17H,2-9H2,1H3,(H2,14,16). The van der Waals surface area contributed by atoms with Crippen LogP contribution < -0.4 is 11.1 Å². The Labute approximate surface area is 129 Å². The SMILES string of the molecule is CCCS(=O)(=O)c1c(N)nsc1NCC1(O)CCCCC1. The monoisotopic (exact) mass is 333 g/mol. The van der Waals surface area contributed by atoms with Crippen LogP contribution in [0, 0.1) is 0 Å². The Balaban J connectivity index is 2.14. The van der Waals surface area contributed by atoms with Gasteiger partial charge in [-0.15, -0.1) is 0 Å². The zero-order valence-electron chi connectivity index (χ0n) is 12.3. The molecule has 4 N–H and O–H groups in total. The van der Waals surface area contributed by atoms with Crippen molar-refractivity contribution >= 4 is 32.2 Å². The van der Waals surface area contributed by atoms with Gasteiger partial charge in [0.1, 0.15) is 9.90 Å². The van der Waals surface area contributed by atoms with Crippen LogP contribution in [-0.4, -0.2) is 35.8 Å². The van der Waals surface area contributed by atoms with Crippen LogP contribution in [0.15, 0.2) is 4.90 Å². The number of nitrogens with two attached hydrogens (primary N) is 1. The van der Waals surface area contributed by atoms with Gasteiger partial charge in [0.25, 0.3) is 0 Å². The fourth-order valence-electron chi connectivity index (χ4n) is 2.71. The molecule has 1 aliphatic rings. The first-order valence-corrected chi connectivity index (χ1v) is 9.75. The minimum absolute atomic E-state index is 0.0478. The first-order valence-electron chi connectivity index (χ1n) is 7.32. The van der Waals surface area contributed by atoms with E-state index in [1.807, 2.05) is 6.92 Å². The van der Waals surface area contributed by atoms with Gasteiger partial charge in [0.2, 0.25) is 0 Å². The summed E-state index contributed by atoms with van der Waals surface area (Å²) in [6, 6.07) is 0. The van der Waals surface area contributed by atoms with Crippen LogP contribution in [0.25, 0.3) is 0 Å². The number of nitrogen functional groups attached to an aromatic ring is 1. The zero-order valence-corrected chi connectivity index (χ0v) is 13.9. The molecule has 0 radical (unpaired) electrons. The van der Waals surface area contributed by atoms with Gasteiger partial charge < -0.3 is 16.2 Å². The summed E-state index contributed by atoms with van der Waals surface area (Å²) in [5.41, 5.74) is 4.96. The molecule has 1 aromatic rings. The Bertz CT molecular complexity index is 577. The molecule has 8 heteroatoms. The van der Waals surface area contributed by atoms with Crippen molar-refractivity contribution in [1.82, 2.24) is 4.37 Å². The van der Waals surface area contributed by atoms with Gasteiger partial charge in [-0.25, -0.2) is 8.42 Å². The second-order valence-corrected chi connectivity index (χ2v) is 8.50. The van der Waals surface area contributed by atoms with Gasteiger partial charge in [0, 0.05) is 6.54 Å². The minimum Gasteiger partial charge on any atom is -0.388 e. The van der Waals surface area contributed by atoms with Gasteiger partial charge in [-0.2, -0.15) is 4.37 Å². The summed E-state index contributed by atoms with van der Waals surface area (Å²) in [5.74, 6) is 0.0979. The predicted molar refractivity (Wildman–Crippen MR) is 85.4 cm³/mol. The topological polar surface area (TPSA) is 105 Å². The molecule has 0 atom stereocenters. The fraction of sp³-hybridized carbons (Fsp3) is 0.769. The van der Waals surface area contributed by atoms with E-state index in [0.717, 1.165) is 43.6 Å². The lowest BCUT2D eigenvalue weighted by molar-refractivity contribution is 0.0167. The third-order valence-corrected chi connectivity index (χ3v) is 6.75. The van der Waals surface area contributed by atoms with E-state index < -0.39 is 15.4 Å². The summed E-state index contributed by atoms with van der Waals surface area (Å²) in [7, 11) is -3.42. The van der Waals surface area contributed by atoms with Gasteiger partial charge in [0.15, 0.2) is 15.7 Å². The minimum atomic E-state index is -3.42. The molecule has 21 heavy (non-hydrogen) atoms. The largest absolute Gasteiger partial charge is 0.388 e. The van der Waals surface area contributed by atoms with Crippen molar-refractivity contribution in [3.05, 3.63) is 0 Å². The second kappa shape index (κ2) is 6.50. The summed E-state index contributed by atoms with van der Waals surface area (Å²) in [6.07, 6.45) is 5.16. The lowest BCUT2D eigenvalue weighted by Crippen LogP contribution is -2.38. The average molecular weight is 333 g/mol. The van der Waals surface area contributed by atoms with Crippen molar-refractivity contribution in [3.63, 3.8) is 0 Å². The van der Waals surface area contributed by atoms with Gasteiger partial charge in [0.05, 0.1) is 11.4 Å². The van der Waals surface area contributed by atoms with Crippen LogP contribution in [0.4, 0.5) is 10.8 Å². The number of hydrogen-bond donors (Lipinski definition) is 3. The van der Waals surface area contributed by atoms with E-state index in [9.17, 15) is 13.5 Å². The number of sulfone groups is 1. The van der Waals surface area contributed by atoms with Gasteiger partial charge in [-0.05, 0) is 30.8 Å². The summed E-state index contributed by atoms with van der Waals surface area (Å²) < 4.78 is 28.4. The van der Waals surface area contributed by atoms with Crippen molar-refractivity contribution in [3.8, 4) is 0 Å². The second-order valence-electron chi connectivity index (χ2n) is 5.68. The summed E-state index contributed by atoms with van der Waals surface area (Å²) in [5, 5.41) is 14.0. The van der Waals surface area contributed by atoms with E-state index in [4.69, 9.17) is 5.73 Å². The number of nitrogens with zero attached hydrogens (tertiary/aromatic N) is 1. The highest BCUT2D eigenvalue weighted by molar-refractivity contribution is 7.91. The van der Waals surface area contributed by atoms with Crippen LogP contribution >= 0.6 is 11.5 Å². The molecule has 0 amide bonds. The highest BCUT2D eigenvalue weighted by Crippen LogP contribution is 2.34. The lowest BCUT2D eigenvalue weighted by Gasteiger charge is -2.32. The van der Waals surface area contributed by atoms with E-state index in [1.54, 1.807) is 0 Å². The predicted octanol–water partition coefficient (Wildman–Crippen LogP) is 2.02. The molecule has 1 fully saturated rings. The van der Waals surface area contributed by atoms with Crippen LogP contribution in [0.3, 0.4) is 0 Å². The smallest absolute Gasteiger partial charge is 0.185 e. The molecule has 0 bridgehead atoms. The van der Waals surface area contributed by atoms with Crippen LogP contribution in [0.2, 0.25) is 0 Å². The van der Waals surface area contributed by atoms with Crippen molar-refractivity contribution in [2.45, 2.75) is 55.9 Å².